The lowest BCUT2D eigenvalue weighted by atomic mass is 10.1. The summed E-state index contributed by atoms with van der Waals surface area (Å²) in [5.41, 5.74) is 6.18. The summed E-state index contributed by atoms with van der Waals surface area (Å²) in [5.74, 6) is -2.32. The number of alkyl halides is 3. The van der Waals surface area contributed by atoms with Crippen molar-refractivity contribution < 1.29 is 18.0 Å². The normalized spacial score (nSPS) is 16.4. The number of nitrogens with one attached hydrogen (secondary N) is 1. The minimum Gasteiger partial charge on any atom is -0.393 e. The summed E-state index contributed by atoms with van der Waals surface area (Å²) in [6.07, 6.45) is -4.53. The minimum absolute atomic E-state index is 0.161. The summed E-state index contributed by atoms with van der Waals surface area (Å²) < 4.78 is 38.7. The highest BCUT2D eigenvalue weighted by atomic mass is 32.1. The molecule has 1 aromatic carbocycles. The SMILES string of the molecule is NC(=S)C(CN1CC(=O)Nc2ccccc21)C(F)(F)F. The molecule has 0 saturated heterocycles. The third-order valence-electron chi connectivity index (χ3n) is 2.99. The highest BCUT2D eigenvalue weighted by Crippen LogP contribution is 2.33. The van der Waals surface area contributed by atoms with Crippen LogP contribution < -0.4 is 16.0 Å². The molecule has 108 valence electrons. The second-order valence-electron chi connectivity index (χ2n) is 4.44. The van der Waals surface area contributed by atoms with Crippen LogP contribution in [0.3, 0.4) is 0 Å². The number of thiocarbonyl (C=S) groups is 1. The maximum atomic E-state index is 12.9. The van der Waals surface area contributed by atoms with Gasteiger partial charge in [0.15, 0.2) is 0 Å². The number of hydrogen-bond donors (Lipinski definition) is 2. The molecule has 1 aliphatic rings. The van der Waals surface area contributed by atoms with Gasteiger partial charge < -0.3 is 16.0 Å². The van der Waals surface area contributed by atoms with Crippen molar-refractivity contribution in [2.45, 2.75) is 6.18 Å². The first kappa shape index (κ1) is 14.6. The van der Waals surface area contributed by atoms with Crippen LogP contribution in [0.5, 0.6) is 0 Å². The number of amides is 1. The summed E-state index contributed by atoms with van der Waals surface area (Å²) in [7, 11) is 0. The van der Waals surface area contributed by atoms with Gasteiger partial charge in [-0.05, 0) is 12.1 Å². The molecule has 0 spiro atoms. The summed E-state index contributed by atoms with van der Waals surface area (Å²) in [6, 6.07) is 6.65. The predicted octanol–water partition coefficient (Wildman–Crippen LogP) is 1.91. The van der Waals surface area contributed by atoms with Gasteiger partial charge in [0.05, 0.1) is 22.9 Å². The molecular formula is C12H12F3N3OS. The molecule has 8 heteroatoms. The van der Waals surface area contributed by atoms with Gasteiger partial charge in [0.1, 0.15) is 5.92 Å². The van der Waals surface area contributed by atoms with Crippen molar-refractivity contribution in [2.24, 2.45) is 11.7 Å². The van der Waals surface area contributed by atoms with Crippen LogP contribution in [0.1, 0.15) is 0 Å². The zero-order valence-corrected chi connectivity index (χ0v) is 11.1. The molecule has 1 amide bonds. The van der Waals surface area contributed by atoms with Gasteiger partial charge in [0, 0.05) is 6.54 Å². The Morgan fingerprint density at radius 2 is 2.10 bits per heavy atom. The van der Waals surface area contributed by atoms with E-state index >= 15 is 0 Å². The van der Waals surface area contributed by atoms with E-state index in [1.165, 1.54) is 4.90 Å². The standard InChI is InChI=1S/C12H12F3N3OS/c13-12(14,15)7(11(16)20)5-18-6-10(19)17-8-3-1-2-4-9(8)18/h1-4,7H,5-6H2,(H2,16,20)(H,17,19). The van der Waals surface area contributed by atoms with Crippen LogP contribution in [0.4, 0.5) is 24.5 Å². The number of carbonyl (C=O) groups is 1. The van der Waals surface area contributed by atoms with Crippen LogP contribution >= 0.6 is 12.2 Å². The van der Waals surface area contributed by atoms with Crippen LogP contribution in [0.15, 0.2) is 24.3 Å². The van der Waals surface area contributed by atoms with Crippen molar-refractivity contribution in [3.63, 3.8) is 0 Å². The lowest BCUT2D eigenvalue weighted by Gasteiger charge is -2.33. The van der Waals surface area contributed by atoms with Crippen LogP contribution in [-0.2, 0) is 4.79 Å². The monoisotopic (exact) mass is 303 g/mol. The first-order valence-electron chi connectivity index (χ1n) is 5.79. The number of rotatable bonds is 3. The molecule has 1 aliphatic heterocycles. The average molecular weight is 303 g/mol. The van der Waals surface area contributed by atoms with E-state index in [-0.39, 0.29) is 12.5 Å². The first-order valence-corrected chi connectivity index (χ1v) is 6.19. The van der Waals surface area contributed by atoms with E-state index < -0.39 is 23.6 Å². The van der Waals surface area contributed by atoms with E-state index in [0.29, 0.717) is 11.4 Å². The molecule has 0 radical (unpaired) electrons. The molecule has 20 heavy (non-hydrogen) atoms. The van der Waals surface area contributed by atoms with Gasteiger partial charge in [-0.3, -0.25) is 4.79 Å². The number of benzene rings is 1. The largest absolute Gasteiger partial charge is 0.399 e. The molecule has 0 fully saturated rings. The quantitative estimate of drug-likeness (QED) is 0.838. The number of nitrogens with two attached hydrogens (primary N) is 1. The van der Waals surface area contributed by atoms with Crippen LogP contribution in [0.25, 0.3) is 0 Å². The van der Waals surface area contributed by atoms with E-state index in [1.807, 2.05) is 0 Å². The Kier molecular flexibility index (Phi) is 3.85. The van der Waals surface area contributed by atoms with E-state index in [0.717, 1.165) is 0 Å². The maximum Gasteiger partial charge on any atom is 0.399 e. The van der Waals surface area contributed by atoms with E-state index in [1.54, 1.807) is 24.3 Å². The molecule has 1 atom stereocenters. The predicted molar refractivity (Wildman–Crippen MR) is 73.6 cm³/mol. The Labute approximate surface area is 118 Å². The molecule has 2 rings (SSSR count). The Balaban J connectivity index is 2.29. The van der Waals surface area contributed by atoms with Crippen molar-refractivity contribution in [3.8, 4) is 0 Å². The number of halogens is 3. The van der Waals surface area contributed by atoms with Crippen molar-refractivity contribution in [1.29, 1.82) is 0 Å². The lowest BCUT2D eigenvalue weighted by Crippen LogP contribution is -2.47. The molecule has 0 aliphatic carbocycles. The molecule has 0 aromatic heterocycles. The fourth-order valence-electron chi connectivity index (χ4n) is 2.04. The van der Waals surface area contributed by atoms with Crippen LogP contribution in [0, 0.1) is 5.92 Å². The molecular weight excluding hydrogens is 291 g/mol. The molecule has 1 aromatic rings. The third-order valence-corrected chi connectivity index (χ3v) is 3.28. The van der Waals surface area contributed by atoms with Crippen molar-refractivity contribution in [2.75, 3.05) is 23.3 Å². The minimum atomic E-state index is -4.53. The molecule has 1 unspecified atom stereocenters. The number of hydrogen-bond acceptors (Lipinski definition) is 3. The first-order chi connectivity index (χ1) is 9.29. The Bertz CT molecular complexity index is 547. The van der Waals surface area contributed by atoms with Crippen molar-refractivity contribution >= 4 is 34.5 Å². The molecule has 1 heterocycles. The van der Waals surface area contributed by atoms with Crippen molar-refractivity contribution in [1.82, 2.24) is 0 Å². The zero-order chi connectivity index (χ0) is 14.9. The van der Waals surface area contributed by atoms with Crippen LogP contribution in [-0.4, -0.2) is 30.2 Å². The smallest absolute Gasteiger partial charge is 0.393 e. The molecule has 3 N–H and O–H groups in total. The highest BCUT2D eigenvalue weighted by Gasteiger charge is 2.43. The second kappa shape index (κ2) is 5.28. The van der Waals surface area contributed by atoms with Crippen LogP contribution in [0.2, 0.25) is 0 Å². The molecule has 0 bridgehead atoms. The van der Waals surface area contributed by atoms with E-state index in [9.17, 15) is 18.0 Å². The van der Waals surface area contributed by atoms with Gasteiger partial charge in [-0.15, -0.1) is 0 Å². The van der Waals surface area contributed by atoms with Crippen molar-refractivity contribution in [3.05, 3.63) is 24.3 Å². The van der Waals surface area contributed by atoms with Gasteiger partial charge in [-0.25, -0.2) is 0 Å². The number of carbonyl (C=O) groups excluding carboxylic acids is 1. The molecule has 0 saturated carbocycles. The third kappa shape index (κ3) is 3.01. The Morgan fingerprint density at radius 1 is 1.45 bits per heavy atom. The fraction of sp³-hybridized carbons (Fsp3) is 0.333. The van der Waals surface area contributed by atoms with Gasteiger partial charge in [-0.2, -0.15) is 13.2 Å². The Hall–Kier alpha value is -1.83. The number of para-hydroxylation sites is 2. The average Bonchev–Trinajstić information content (AvgIpc) is 2.33. The lowest BCUT2D eigenvalue weighted by molar-refractivity contribution is -0.152. The van der Waals surface area contributed by atoms with E-state index in [4.69, 9.17) is 5.73 Å². The summed E-state index contributed by atoms with van der Waals surface area (Å²) in [6.45, 7) is -0.629. The fourth-order valence-corrected chi connectivity index (χ4v) is 2.25. The topological polar surface area (TPSA) is 58.4 Å². The van der Waals surface area contributed by atoms with Gasteiger partial charge in [0.2, 0.25) is 5.91 Å². The Morgan fingerprint density at radius 3 is 2.70 bits per heavy atom. The number of fused-ring (bicyclic) bond motifs is 1. The van der Waals surface area contributed by atoms with Gasteiger partial charge in [0.25, 0.3) is 0 Å². The van der Waals surface area contributed by atoms with Gasteiger partial charge in [-0.1, -0.05) is 24.4 Å². The number of nitrogens with zero attached hydrogens (tertiary/aromatic N) is 1. The molecule has 4 nitrogen and oxygen atoms in total. The summed E-state index contributed by atoms with van der Waals surface area (Å²) >= 11 is 4.49. The highest BCUT2D eigenvalue weighted by molar-refractivity contribution is 7.80. The number of anilines is 2. The van der Waals surface area contributed by atoms with Gasteiger partial charge >= 0.3 is 6.18 Å². The summed E-state index contributed by atoms with van der Waals surface area (Å²) in [5, 5.41) is 2.61. The maximum absolute atomic E-state index is 12.9. The summed E-state index contributed by atoms with van der Waals surface area (Å²) in [4.78, 5) is 12.3. The second-order valence-corrected chi connectivity index (χ2v) is 4.91. The van der Waals surface area contributed by atoms with E-state index in [2.05, 4.69) is 17.5 Å². The zero-order valence-electron chi connectivity index (χ0n) is 10.3.